The van der Waals surface area contributed by atoms with Gasteiger partial charge in [0, 0.05) is 17.3 Å². The predicted molar refractivity (Wildman–Crippen MR) is 128 cm³/mol. The fourth-order valence-electron chi connectivity index (χ4n) is 2.99. The second-order valence-electron chi connectivity index (χ2n) is 6.88. The third-order valence-corrected chi connectivity index (χ3v) is 5.35. The number of rotatable bonds is 5. The second kappa shape index (κ2) is 9.73. The summed E-state index contributed by atoms with van der Waals surface area (Å²) in [6.45, 7) is 0.258. The molecule has 4 rings (SSSR count). The molecular weight excluding hydrogens is 508 g/mol. The summed E-state index contributed by atoms with van der Waals surface area (Å²) in [5.41, 5.74) is 1.68. The number of pyridine rings is 1. The highest BCUT2D eigenvalue weighted by molar-refractivity contribution is 9.10. The van der Waals surface area contributed by atoms with Crippen molar-refractivity contribution < 1.29 is 4.74 Å². The third-order valence-electron chi connectivity index (χ3n) is 4.55. The van der Waals surface area contributed by atoms with Gasteiger partial charge < -0.3 is 10.6 Å². The maximum Gasteiger partial charge on any atom is 0.269 e. The number of hydrogen-bond donors (Lipinski definition) is 1. The number of nitrogens with zero attached hydrogens (tertiary/aromatic N) is 5. The van der Waals surface area contributed by atoms with Crippen molar-refractivity contribution in [3.63, 3.8) is 0 Å². The van der Waals surface area contributed by atoms with Gasteiger partial charge in [-0.05, 0) is 64.0 Å². The van der Waals surface area contributed by atoms with Gasteiger partial charge in [0.1, 0.15) is 22.0 Å². The molecule has 2 N–H and O–H groups in total. The lowest BCUT2D eigenvalue weighted by Gasteiger charge is -2.11. The molecule has 4 aromatic rings. The maximum atomic E-state index is 12.8. The molecule has 0 radical (unpaired) electrons. The molecule has 0 amide bonds. The molecule has 164 valence electrons. The van der Waals surface area contributed by atoms with Crippen LogP contribution >= 0.6 is 27.5 Å². The Kier molecular flexibility index (Phi) is 6.58. The van der Waals surface area contributed by atoms with Crippen molar-refractivity contribution in [2.24, 2.45) is 4.99 Å². The lowest BCUT2D eigenvalue weighted by atomic mass is 10.2. The molecule has 2 aromatic carbocycles. The van der Waals surface area contributed by atoms with Crippen LogP contribution in [0.15, 0.2) is 87.2 Å². The van der Waals surface area contributed by atoms with Crippen LogP contribution in [0.2, 0.25) is 5.02 Å². The molecular formula is C23H16BrClN6O2. The van der Waals surface area contributed by atoms with Crippen LogP contribution in [0, 0.1) is 11.3 Å². The average molecular weight is 524 g/mol. The van der Waals surface area contributed by atoms with E-state index in [0.29, 0.717) is 26.8 Å². The van der Waals surface area contributed by atoms with Crippen LogP contribution in [0.4, 0.5) is 5.69 Å². The Morgan fingerprint density at radius 2 is 1.85 bits per heavy atom. The van der Waals surface area contributed by atoms with Crippen LogP contribution in [0.25, 0.3) is 0 Å². The molecule has 0 fully saturated rings. The highest BCUT2D eigenvalue weighted by Gasteiger charge is 2.09. The van der Waals surface area contributed by atoms with Gasteiger partial charge >= 0.3 is 0 Å². The minimum absolute atomic E-state index is 0.258. The number of hydrogen-bond acceptors (Lipinski definition) is 6. The Morgan fingerprint density at radius 3 is 2.55 bits per heavy atom. The number of ether oxygens (including phenoxy) is 1. The zero-order chi connectivity index (χ0) is 23.4. The molecule has 10 heteroatoms. The van der Waals surface area contributed by atoms with Crippen molar-refractivity contribution in [3.05, 3.63) is 110 Å². The number of nitrogen functional groups attached to an aromatic ring is 1. The first kappa shape index (κ1) is 22.3. The number of aromatic nitrogens is 3. The van der Waals surface area contributed by atoms with E-state index in [1.807, 2.05) is 18.2 Å². The second-order valence-corrected chi connectivity index (χ2v) is 8.17. The first-order valence-electron chi connectivity index (χ1n) is 9.64. The van der Waals surface area contributed by atoms with E-state index in [4.69, 9.17) is 27.4 Å². The topological polar surface area (TPSA) is 111 Å². The molecule has 0 bridgehead atoms. The van der Waals surface area contributed by atoms with Crippen LogP contribution in [0.5, 0.6) is 11.6 Å². The van der Waals surface area contributed by atoms with E-state index in [-0.39, 0.29) is 23.4 Å². The molecule has 0 unspecified atom stereocenters. The molecule has 0 aliphatic heterocycles. The summed E-state index contributed by atoms with van der Waals surface area (Å²) >= 11 is 9.22. The summed E-state index contributed by atoms with van der Waals surface area (Å²) in [5.74, 6) is 6.96. The van der Waals surface area contributed by atoms with Gasteiger partial charge in [0.2, 0.25) is 11.5 Å². The van der Waals surface area contributed by atoms with Gasteiger partial charge in [-0.15, -0.1) is 0 Å². The van der Waals surface area contributed by atoms with Crippen LogP contribution < -0.4 is 21.8 Å². The van der Waals surface area contributed by atoms with E-state index < -0.39 is 0 Å². The average Bonchev–Trinajstić information content (AvgIpc) is 2.82. The summed E-state index contributed by atoms with van der Waals surface area (Å²) in [6, 6.07) is 21.0. The van der Waals surface area contributed by atoms with E-state index in [2.05, 4.69) is 25.9 Å². The quantitative estimate of drug-likeness (QED) is 0.396. The summed E-state index contributed by atoms with van der Waals surface area (Å²) < 4.78 is 8.75. The maximum absolute atomic E-state index is 12.8. The van der Waals surface area contributed by atoms with Crippen LogP contribution in [-0.2, 0) is 6.54 Å². The highest BCUT2D eigenvalue weighted by atomic mass is 79.9. The molecule has 2 aromatic heterocycles. The monoisotopic (exact) mass is 522 g/mol. The number of nitrogens with two attached hydrogens (primary N) is 1. The molecule has 0 atom stereocenters. The standard InChI is InChI=1S/C23H16BrClN6O2/c24-20-14-31(27)23(30(22(20)32)13-15-4-6-16(25)7-5-15)29-17-8-10-19(11-9-17)33-21-3-1-2-18(12-26)28-21/h1-11,14H,13,27H2. The molecule has 0 saturated heterocycles. The van der Waals surface area contributed by atoms with Gasteiger partial charge in [-0.2, -0.15) is 5.26 Å². The summed E-state index contributed by atoms with van der Waals surface area (Å²) in [6.07, 6.45) is 1.46. The number of halogens is 2. The summed E-state index contributed by atoms with van der Waals surface area (Å²) in [4.78, 5) is 21.5. The van der Waals surface area contributed by atoms with Gasteiger partial charge in [0.15, 0.2) is 0 Å². The van der Waals surface area contributed by atoms with Crippen molar-refractivity contribution in [2.75, 3.05) is 5.84 Å². The van der Waals surface area contributed by atoms with E-state index in [9.17, 15) is 4.79 Å². The predicted octanol–water partition coefficient (Wildman–Crippen LogP) is 4.12. The summed E-state index contributed by atoms with van der Waals surface area (Å²) in [7, 11) is 0. The molecule has 0 aliphatic rings. The Hall–Kier alpha value is -3.87. The molecule has 0 aliphatic carbocycles. The van der Waals surface area contributed by atoms with E-state index in [1.54, 1.807) is 54.6 Å². The molecule has 8 nitrogen and oxygen atoms in total. The SMILES string of the molecule is N#Cc1cccc(Oc2ccc(N=c3n(N)cc(Br)c(=O)n3Cc3ccc(Cl)cc3)cc2)n1. The van der Waals surface area contributed by atoms with E-state index >= 15 is 0 Å². The lowest BCUT2D eigenvalue weighted by Crippen LogP contribution is -2.43. The van der Waals surface area contributed by atoms with Gasteiger partial charge in [-0.25, -0.2) is 14.7 Å². The fraction of sp³-hybridized carbons (Fsp3) is 0.0435. The van der Waals surface area contributed by atoms with Crippen molar-refractivity contribution >= 4 is 33.2 Å². The zero-order valence-electron chi connectivity index (χ0n) is 17.0. The minimum atomic E-state index is -0.270. The van der Waals surface area contributed by atoms with E-state index in [1.165, 1.54) is 15.4 Å². The first-order chi connectivity index (χ1) is 15.9. The Balaban J connectivity index is 1.68. The van der Waals surface area contributed by atoms with Gasteiger partial charge in [0.05, 0.1) is 12.2 Å². The van der Waals surface area contributed by atoms with Crippen molar-refractivity contribution in [1.29, 1.82) is 5.26 Å². The lowest BCUT2D eigenvalue weighted by molar-refractivity contribution is 0.462. The first-order valence-corrected chi connectivity index (χ1v) is 10.8. The van der Waals surface area contributed by atoms with Crippen molar-refractivity contribution in [3.8, 4) is 17.7 Å². The summed E-state index contributed by atoms with van der Waals surface area (Å²) in [5, 5.41) is 9.57. The van der Waals surface area contributed by atoms with Gasteiger partial charge in [-0.1, -0.05) is 29.8 Å². The molecule has 33 heavy (non-hydrogen) atoms. The van der Waals surface area contributed by atoms with Crippen LogP contribution in [0.3, 0.4) is 0 Å². The van der Waals surface area contributed by atoms with Crippen LogP contribution in [0.1, 0.15) is 11.3 Å². The highest BCUT2D eigenvalue weighted by Crippen LogP contribution is 2.22. The van der Waals surface area contributed by atoms with Gasteiger partial charge in [0.25, 0.3) is 5.56 Å². The molecule has 0 spiro atoms. The Labute approximate surface area is 201 Å². The molecule has 0 saturated carbocycles. The van der Waals surface area contributed by atoms with Gasteiger partial charge in [-0.3, -0.25) is 9.36 Å². The Morgan fingerprint density at radius 1 is 1.12 bits per heavy atom. The minimum Gasteiger partial charge on any atom is -0.439 e. The van der Waals surface area contributed by atoms with Crippen LogP contribution in [-0.4, -0.2) is 14.2 Å². The zero-order valence-corrected chi connectivity index (χ0v) is 19.4. The molecule has 2 heterocycles. The Bertz CT molecular complexity index is 1470. The fourth-order valence-corrected chi connectivity index (χ4v) is 3.55. The van der Waals surface area contributed by atoms with Crippen molar-refractivity contribution in [2.45, 2.75) is 6.54 Å². The third kappa shape index (κ3) is 5.31. The largest absolute Gasteiger partial charge is 0.439 e. The number of nitriles is 1. The van der Waals surface area contributed by atoms with E-state index in [0.717, 1.165) is 5.56 Å². The normalized spacial score (nSPS) is 11.2. The number of benzene rings is 2. The van der Waals surface area contributed by atoms with Crippen molar-refractivity contribution in [1.82, 2.24) is 14.2 Å². The smallest absolute Gasteiger partial charge is 0.269 e.